The highest BCUT2D eigenvalue weighted by Crippen LogP contribution is 2.14. The highest BCUT2D eigenvalue weighted by molar-refractivity contribution is 9.09. The smallest absolute Gasteiger partial charge is 0.142 e. The van der Waals surface area contributed by atoms with E-state index in [1.54, 1.807) is 6.08 Å². The fourth-order valence-electron chi connectivity index (χ4n) is 1.10. The Morgan fingerprint density at radius 1 is 1.44 bits per heavy atom. The molecular weight excluding hydrogens is 264 g/mol. The van der Waals surface area contributed by atoms with Crippen molar-refractivity contribution in [2.45, 2.75) is 32.5 Å². The van der Waals surface area contributed by atoms with Gasteiger partial charge >= 0.3 is 0 Å². The van der Waals surface area contributed by atoms with Gasteiger partial charge in [0, 0.05) is 11.4 Å². The Labute approximate surface area is 106 Å². The molecule has 1 heterocycles. The van der Waals surface area contributed by atoms with Gasteiger partial charge in [-0.1, -0.05) is 54.6 Å². The molecular formula is C13H19BrN2. The van der Waals surface area contributed by atoms with Gasteiger partial charge in [-0.05, 0) is 13.8 Å². The monoisotopic (exact) mass is 282 g/mol. The Bertz CT molecular complexity index is 436. The van der Waals surface area contributed by atoms with Crippen molar-refractivity contribution in [3.05, 3.63) is 35.2 Å². The molecule has 3 heteroatoms. The predicted octanol–water partition coefficient (Wildman–Crippen LogP) is 2.73. The SMILES string of the molecule is C=C/C=c1/cnc(C(C)Br)n/c1=C/C.CC. The number of halogens is 1. The summed E-state index contributed by atoms with van der Waals surface area (Å²) in [6.45, 7) is 11.6. The summed E-state index contributed by atoms with van der Waals surface area (Å²) in [5.74, 6) is 0.805. The Hall–Kier alpha value is -0.960. The maximum Gasteiger partial charge on any atom is 0.142 e. The summed E-state index contributed by atoms with van der Waals surface area (Å²) in [5.41, 5.74) is 0. The van der Waals surface area contributed by atoms with Gasteiger partial charge in [-0.2, -0.15) is 0 Å². The molecule has 16 heavy (non-hydrogen) atoms. The van der Waals surface area contributed by atoms with Crippen molar-refractivity contribution in [1.29, 1.82) is 0 Å². The molecule has 1 rings (SSSR count). The Morgan fingerprint density at radius 2 is 2.06 bits per heavy atom. The molecule has 1 aromatic rings. The van der Waals surface area contributed by atoms with Crippen molar-refractivity contribution in [1.82, 2.24) is 9.97 Å². The van der Waals surface area contributed by atoms with Crippen LogP contribution in [0.3, 0.4) is 0 Å². The zero-order valence-corrected chi connectivity index (χ0v) is 12.0. The summed E-state index contributed by atoms with van der Waals surface area (Å²) >= 11 is 3.44. The van der Waals surface area contributed by atoms with Gasteiger partial charge < -0.3 is 0 Å². The third-order valence-corrected chi connectivity index (χ3v) is 2.20. The van der Waals surface area contributed by atoms with Crippen LogP contribution in [0.1, 0.15) is 38.3 Å². The van der Waals surface area contributed by atoms with Crippen molar-refractivity contribution in [3.8, 4) is 0 Å². The number of hydrogen-bond acceptors (Lipinski definition) is 2. The molecule has 1 aromatic heterocycles. The van der Waals surface area contributed by atoms with Crippen LogP contribution in [0.25, 0.3) is 12.2 Å². The topological polar surface area (TPSA) is 25.8 Å². The Balaban J connectivity index is 0.00000106. The van der Waals surface area contributed by atoms with Crippen LogP contribution in [-0.2, 0) is 0 Å². The van der Waals surface area contributed by atoms with Gasteiger partial charge in [-0.25, -0.2) is 9.97 Å². The summed E-state index contributed by atoms with van der Waals surface area (Å²) in [7, 11) is 0. The first-order chi connectivity index (χ1) is 7.69. The molecule has 0 aliphatic carbocycles. The van der Waals surface area contributed by atoms with Crippen LogP contribution >= 0.6 is 15.9 Å². The van der Waals surface area contributed by atoms with Crippen LogP contribution in [0.4, 0.5) is 0 Å². The number of nitrogens with zero attached hydrogens (tertiary/aromatic N) is 2. The van der Waals surface area contributed by atoms with Crippen LogP contribution in [0.15, 0.2) is 18.9 Å². The van der Waals surface area contributed by atoms with Gasteiger partial charge in [0.25, 0.3) is 0 Å². The summed E-state index contributed by atoms with van der Waals surface area (Å²) in [4.78, 5) is 8.84. The number of rotatable bonds is 2. The molecule has 0 N–H and O–H groups in total. The van der Waals surface area contributed by atoms with Crippen molar-refractivity contribution < 1.29 is 0 Å². The van der Waals surface area contributed by atoms with Crippen molar-refractivity contribution >= 4 is 28.1 Å². The molecule has 1 unspecified atom stereocenters. The van der Waals surface area contributed by atoms with E-state index in [0.717, 1.165) is 16.4 Å². The van der Waals surface area contributed by atoms with Gasteiger partial charge in [-0.15, -0.1) is 0 Å². The average Bonchev–Trinajstić information content (AvgIpc) is 2.32. The minimum Gasteiger partial charge on any atom is -0.240 e. The minimum atomic E-state index is 0.180. The fourth-order valence-corrected chi connectivity index (χ4v) is 1.32. The van der Waals surface area contributed by atoms with Gasteiger partial charge in [0.2, 0.25) is 0 Å². The Kier molecular flexibility index (Phi) is 7.73. The van der Waals surface area contributed by atoms with E-state index in [2.05, 4.69) is 32.5 Å². The van der Waals surface area contributed by atoms with E-state index >= 15 is 0 Å². The van der Waals surface area contributed by atoms with E-state index in [0.29, 0.717) is 0 Å². The second-order valence-electron chi connectivity index (χ2n) is 2.88. The lowest BCUT2D eigenvalue weighted by molar-refractivity contribution is 0.906. The largest absolute Gasteiger partial charge is 0.240 e. The van der Waals surface area contributed by atoms with E-state index in [9.17, 15) is 0 Å². The highest BCUT2D eigenvalue weighted by atomic mass is 79.9. The first-order valence-electron chi connectivity index (χ1n) is 5.45. The molecule has 0 fully saturated rings. The van der Waals surface area contributed by atoms with Crippen molar-refractivity contribution in [3.63, 3.8) is 0 Å². The maximum absolute atomic E-state index is 4.42. The van der Waals surface area contributed by atoms with Crippen LogP contribution in [-0.4, -0.2) is 9.97 Å². The molecule has 1 atom stereocenters. The van der Waals surface area contributed by atoms with Gasteiger partial charge in [-0.3, -0.25) is 0 Å². The fraction of sp³-hybridized carbons (Fsp3) is 0.385. The van der Waals surface area contributed by atoms with Gasteiger partial charge in [0.05, 0.1) is 10.2 Å². The third-order valence-electron chi connectivity index (χ3n) is 1.79. The number of aromatic nitrogens is 2. The molecule has 0 saturated carbocycles. The highest BCUT2D eigenvalue weighted by Gasteiger charge is 2.02. The second-order valence-corrected chi connectivity index (χ2v) is 4.25. The first-order valence-corrected chi connectivity index (χ1v) is 6.36. The second kappa shape index (κ2) is 8.22. The number of hydrogen-bond donors (Lipinski definition) is 0. The van der Waals surface area contributed by atoms with Crippen molar-refractivity contribution in [2.24, 2.45) is 0 Å². The normalized spacial score (nSPS) is 14.1. The van der Waals surface area contributed by atoms with Crippen LogP contribution < -0.4 is 10.6 Å². The zero-order chi connectivity index (χ0) is 12.6. The maximum atomic E-state index is 4.42. The van der Waals surface area contributed by atoms with E-state index < -0.39 is 0 Å². The summed E-state index contributed by atoms with van der Waals surface area (Å²) in [6, 6.07) is 0. The van der Waals surface area contributed by atoms with E-state index in [1.165, 1.54) is 0 Å². The predicted molar refractivity (Wildman–Crippen MR) is 74.8 cm³/mol. The lowest BCUT2D eigenvalue weighted by Gasteiger charge is -2.00. The average molecular weight is 283 g/mol. The molecule has 0 aromatic carbocycles. The summed E-state index contributed by atoms with van der Waals surface area (Å²) in [5, 5.41) is 1.95. The number of alkyl halides is 1. The summed E-state index contributed by atoms with van der Waals surface area (Å²) < 4.78 is 0. The molecule has 2 nitrogen and oxygen atoms in total. The molecule has 0 aliphatic heterocycles. The first kappa shape index (κ1) is 15.0. The minimum absolute atomic E-state index is 0.180. The van der Waals surface area contributed by atoms with E-state index in [4.69, 9.17) is 0 Å². The van der Waals surface area contributed by atoms with Crippen LogP contribution in [0.2, 0.25) is 0 Å². The molecule has 0 spiro atoms. The Morgan fingerprint density at radius 3 is 2.50 bits per heavy atom. The van der Waals surface area contributed by atoms with Crippen LogP contribution in [0, 0.1) is 0 Å². The molecule has 0 amide bonds. The molecule has 88 valence electrons. The van der Waals surface area contributed by atoms with Gasteiger partial charge in [0.15, 0.2) is 0 Å². The molecule has 0 saturated heterocycles. The molecule has 0 radical (unpaired) electrons. The zero-order valence-electron chi connectivity index (χ0n) is 10.4. The third kappa shape index (κ3) is 4.27. The molecule has 0 bridgehead atoms. The van der Waals surface area contributed by atoms with Gasteiger partial charge in [0.1, 0.15) is 5.82 Å². The standard InChI is InChI=1S/C11H13BrN2.C2H6/c1-4-6-9-7-13-11(8(3)12)14-10(9)5-2;1-2/h4-8H,1H2,2-3H3;1-2H3/b9-6-,10-5+;. The van der Waals surface area contributed by atoms with E-state index in [1.807, 2.05) is 46.0 Å². The molecule has 0 aliphatic rings. The number of allylic oxidation sites excluding steroid dienone is 1. The van der Waals surface area contributed by atoms with Crippen molar-refractivity contribution in [2.75, 3.05) is 0 Å². The lowest BCUT2D eigenvalue weighted by atomic mass is 10.3. The quantitative estimate of drug-likeness (QED) is 0.780. The van der Waals surface area contributed by atoms with Crippen LogP contribution in [0.5, 0.6) is 0 Å². The van der Waals surface area contributed by atoms with E-state index in [-0.39, 0.29) is 4.83 Å². The summed E-state index contributed by atoms with van der Waals surface area (Å²) in [6.07, 6.45) is 7.42. The lowest BCUT2D eigenvalue weighted by Crippen LogP contribution is -2.30.